The summed E-state index contributed by atoms with van der Waals surface area (Å²) in [5.41, 5.74) is 5.13. The third-order valence-electron chi connectivity index (χ3n) is 2.88. The van der Waals surface area contributed by atoms with Gasteiger partial charge in [0, 0.05) is 19.0 Å². The Morgan fingerprint density at radius 1 is 1.62 bits per heavy atom. The van der Waals surface area contributed by atoms with Crippen molar-refractivity contribution in [3.63, 3.8) is 0 Å². The Hall–Kier alpha value is -1.59. The number of nitrogens with two attached hydrogens (primary N) is 1. The number of hydrogen-bond acceptors (Lipinski definition) is 3. The van der Waals surface area contributed by atoms with Crippen LogP contribution in [0.1, 0.15) is 26.2 Å². The van der Waals surface area contributed by atoms with E-state index in [2.05, 4.69) is 0 Å². The standard InChI is InChI=1S/C10H16N2O4/c1-2-7(4-9(14)15)12-5-6(10(11)16)3-8(12)13/h6-7H,2-5H2,1H3,(H2,11,16)(H,14,15). The zero-order valence-electron chi connectivity index (χ0n) is 9.18. The van der Waals surface area contributed by atoms with Crippen molar-refractivity contribution in [1.82, 2.24) is 4.90 Å². The van der Waals surface area contributed by atoms with Gasteiger partial charge in [0.25, 0.3) is 0 Å². The lowest BCUT2D eigenvalue weighted by atomic mass is 10.1. The van der Waals surface area contributed by atoms with Crippen LogP contribution in [-0.2, 0) is 14.4 Å². The largest absolute Gasteiger partial charge is 0.481 e. The highest BCUT2D eigenvalue weighted by atomic mass is 16.4. The lowest BCUT2D eigenvalue weighted by molar-refractivity contribution is -0.139. The van der Waals surface area contributed by atoms with Gasteiger partial charge in [-0.3, -0.25) is 14.4 Å². The highest BCUT2D eigenvalue weighted by molar-refractivity contribution is 5.88. The highest BCUT2D eigenvalue weighted by Gasteiger charge is 2.36. The number of carbonyl (C=O) groups is 3. The molecular formula is C10H16N2O4. The number of rotatable bonds is 5. The number of amides is 2. The molecule has 0 aromatic rings. The molecule has 0 aliphatic carbocycles. The fraction of sp³-hybridized carbons (Fsp3) is 0.700. The predicted molar refractivity (Wildman–Crippen MR) is 55.3 cm³/mol. The summed E-state index contributed by atoms with van der Waals surface area (Å²) in [6.07, 6.45) is 0.572. The topological polar surface area (TPSA) is 101 Å². The van der Waals surface area contributed by atoms with Gasteiger partial charge in [-0.15, -0.1) is 0 Å². The Labute approximate surface area is 93.4 Å². The predicted octanol–water partition coefficient (Wildman–Crippen LogP) is -0.426. The molecule has 0 aromatic heterocycles. The van der Waals surface area contributed by atoms with Crippen molar-refractivity contribution < 1.29 is 19.5 Å². The first-order valence-corrected chi connectivity index (χ1v) is 5.26. The minimum absolute atomic E-state index is 0.0896. The summed E-state index contributed by atoms with van der Waals surface area (Å²) in [6, 6.07) is -0.339. The third kappa shape index (κ3) is 2.71. The molecule has 0 aromatic carbocycles. The summed E-state index contributed by atoms with van der Waals surface area (Å²) in [7, 11) is 0. The van der Waals surface area contributed by atoms with Crippen molar-refractivity contribution in [2.75, 3.05) is 6.54 Å². The molecule has 1 fully saturated rings. The Bertz CT molecular complexity index is 316. The maximum atomic E-state index is 11.6. The van der Waals surface area contributed by atoms with Crippen LogP contribution in [0.2, 0.25) is 0 Å². The quantitative estimate of drug-likeness (QED) is 0.666. The van der Waals surface area contributed by atoms with Crippen LogP contribution >= 0.6 is 0 Å². The number of nitrogens with zero attached hydrogens (tertiary/aromatic N) is 1. The second kappa shape index (κ2) is 4.96. The Morgan fingerprint density at radius 2 is 2.25 bits per heavy atom. The molecule has 6 nitrogen and oxygen atoms in total. The van der Waals surface area contributed by atoms with E-state index < -0.39 is 17.8 Å². The molecule has 2 unspecified atom stereocenters. The van der Waals surface area contributed by atoms with Gasteiger partial charge in [-0.25, -0.2) is 0 Å². The SMILES string of the molecule is CCC(CC(=O)O)N1CC(C(N)=O)CC1=O. The number of carboxylic acid groups (broad SMARTS) is 1. The van der Waals surface area contributed by atoms with Gasteiger partial charge in [0.2, 0.25) is 11.8 Å². The average molecular weight is 228 g/mol. The molecule has 1 heterocycles. The Morgan fingerprint density at radius 3 is 2.62 bits per heavy atom. The van der Waals surface area contributed by atoms with E-state index in [9.17, 15) is 14.4 Å². The maximum absolute atomic E-state index is 11.6. The van der Waals surface area contributed by atoms with Gasteiger partial charge in [0.05, 0.1) is 12.3 Å². The van der Waals surface area contributed by atoms with E-state index >= 15 is 0 Å². The summed E-state index contributed by atoms with van der Waals surface area (Å²) in [6.45, 7) is 2.07. The zero-order valence-corrected chi connectivity index (χ0v) is 9.18. The van der Waals surface area contributed by atoms with Crippen molar-refractivity contribution in [3.05, 3.63) is 0 Å². The van der Waals surface area contributed by atoms with Gasteiger partial charge in [-0.05, 0) is 6.42 Å². The molecule has 6 heteroatoms. The van der Waals surface area contributed by atoms with E-state index in [0.717, 1.165) is 0 Å². The average Bonchev–Trinajstić information content (AvgIpc) is 2.56. The van der Waals surface area contributed by atoms with E-state index in [1.165, 1.54) is 4.90 Å². The molecule has 1 aliphatic heterocycles. The summed E-state index contributed by atoms with van der Waals surface area (Å²) in [5, 5.41) is 8.71. The van der Waals surface area contributed by atoms with E-state index in [-0.39, 0.29) is 31.3 Å². The summed E-state index contributed by atoms with van der Waals surface area (Å²) < 4.78 is 0. The first kappa shape index (κ1) is 12.5. The number of carboxylic acids is 1. The van der Waals surface area contributed by atoms with Gasteiger partial charge in [0.15, 0.2) is 0 Å². The molecule has 16 heavy (non-hydrogen) atoms. The van der Waals surface area contributed by atoms with Crippen LogP contribution in [0.15, 0.2) is 0 Å². The van der Waals surface area contributed by atoms with Crippen LogP contribution in [0.3, 0.4) is 0 Å². The molecule has 90 valence electrons. The van der Waals surface area contributed by atoms with E-state index in [4.69, 9.17) is 10.8 Å². The first-order valence-electron chi connectivity index (χ1n) is 5.26. The van der Waals surface area contributed by atoms with Crippen LogP contribution in [0, 0.1) is 5.92 Å². The van der Waals surface area contributed by atoms with E-state index in [0.29, 0.717) is 6.42 Å². The fourth-order valence-corrected chi connectivity index (χ4v) is 1.95. The molecule has 1 rings (SSSR count). The molecule has 2 amide bonds. The number of hydrogen-bond donors (Lipinski definition) is 2. The van der Waals surface area contributed by atoms with Gasteiger partial charge < -0.3 is 15.7 Å². The Balaban J connectivity index is 2.68. The Kier molecular flexibility index (Phi) is 3.87. The molecule has 1 aliphatic rings. The van der Waals surface area contributed by atoms with Gasteiger partial charge in [-0.1, -0.05) is 6.92 Å². The number of likely N-dealkylation sites (tertiary alicyclic amines) is 1. The summed E-state index contributed by atoms with van der Waals surface area (Å²) in [5.74, 6) is -2.10. The number of aliphatic carboxylic acids is 1. The van der Waals surface area contributed by atoms with Crippen molar-refractivity contribution in [2.24, 2.45) is 11.7 Å². The van der Waals surface area contributed by atoms with Crippen molar-refractivity contribution >= 4 is 17.8 Å². The van der Waals surface area contributed by atoms with Crippen LogP contribution in [0.25, 0.3) is 0 Å². The van der Waals surface area contributed by atoms with Gasteiger partial charge in [-0.2, -0.15) is 0 Å². The number of carbonyl (C=O) groups excluding carboxylic acids is 2. The highest BCUT2D eigenvalue weighted by Crippen LogP contribution is 2.22. The minimum atomic E-state index is -0.942. The van der Waals surface area contributed by atoms with Crippen molar-refractivity contribution in [3.8, 4) is 0 Å². The smallest absolute Gasteiger partial charge is 0.305 e. The lowest BCUT2D eigenvalue weighted by Crippen LogP contribution is -2.38. The maximum Gasteiger partial charge on any atom is 0.305 e. The van der Waals surface area contributed by atoms with Gasteiger partial charge in [0.1, 0.15) is 0 Å². The van der Waals surface area contributed by atoms with Crippen LogP contribution in [0.4, 0.5) is 0 Å². The van der Waals surface area contributed by atoms with Crippen LogP contribution < -0.4 is 5.73 Å². The molecule has 2 atom stereocenters. The second-order valence-corrected chi connectivity index (χ2v) is 4.01. The van der Waals surface area contributed by atoms with Gasteiger partial charge >= 0.3 is 5.97 Å². The zero-order chi connectivity index (χ0) is 12.3. The van der Waals surface area contributed by atoms with Crippen LogP contribution in [0.5, 0.6) is 0 Å². The summed E-state index contributed by atoms with van der Waals surface area (Å²) in [4.78, 5) is 34.6. The van der Waals surface area contributed by atoms with E-state index in [1.807, 2.05) is 6.92 Å². The molecular weight excluding hydrogens is 212 g/mol. The molecule has 0 spiro atoms. The van der Waals surface area contributed by atoms with Crippen molar-refractivity contribution in [1.29, 1.82) is 0 Å². The second-order valence-electron chi connectivity index (χ2n) is 4.01. The number of primary amides is 1. The third-order valence-corrected chi connectivity index (χ3v) is 2.88. The van der Waals surface area contributed by atoms with Crippen molar-refractivity contribution in [2.45, 2.75) is 32.2 Å². The monoisotopic (exact) mass is 228 g/mol. The fourth-order valence-electron chi connectivity index (χ4n) is 1.95. The molecule has 1 saturated heterocycles. The molecule has 0 saturated carbocycles. The molecule has 0 bridgehead atoms. The normalized spacial score (nSPS) is 22.2. The van der Waals surface area contributed by atoms with E-state index in [1.54, 1.807) is 0 Å². The molecule has 3 N–H and O–H groups in total. The lowest BCUT2D eigenvalue weighted by Gasteiger charge is -2.25. The minimum Gasteiger partial charge on any atom is -0.481 e. The van der Waals surface area contributed by atoms with Crippen LogP contribution in [-0.4, -0.2) is 40.4 Å². The summed E-state index contributed by atoms with van der Waals surface area (Å²) >= 11 is 0. The first-order chi connectivity index (χ1) is 7.45. The molecule has 0 radical (unpaired) electrons.